The van der Waals surface area contributed by atoms with Crippen LogP contribution >= 0.6 is 0 Å². The molecular formula is C21H30O. The van der Waals surface area contributed by atoms with Crippen molar-refractivity contribution >= 4 is 0 Å². The van der Waals surface area contributed by atoms with E-state index in [1.807, 2.05) is 7.11 Å². The molecule has 1 heteroatoms. The maximum atomic E-state index is 5.86. The molecule has 0 heterocycles. The maximum absolute atomic E-state index is 5.86. The number of ether oxygens (including phenoxy) is 1. The molecule has 1 fully saturated rings. The van der Waals surface area contributed by atoms with Gasteiger partial charge in [-0.1, -0.05) is 45.4 Å². The Kier molecular flexibility index (Phi) is 4.09. The quantitative estimate of drug-likeness (QED) is 0.658. The molecule has 0 amide bonds. The van der Waals surface area contributed by atoms with Gasteiger partial charge in [0, 0.05) is 0 Å². The normalized spacial score (nSPS) is 30.6. The first-order chi connectivity index (χ1) is 10.5. The predicted molar refractivity (Wildman–Crippen MR) is 93.8 cm³/mol. The van der Waals surface area contributed by atoms with E-state index in [9.17, 15) is 0 Å². The fourth-order valence-electron chi connectivity index (χ4n) is 5.14. The van der Waals surface area contributed by atoms with E-state index in [2.05, 4.69) is 45.6 Å². The van der Waals surface area contributed by atoms with Crippen molar-refractivity contribution in [2.24, 2.45) is 11.8 Å². The molecule has 2 aliphatic rings. The Morgan fingerprint density at radius 3 is 2.73 bits per heavy atom. The van der Waals surface area contributed by atoms with Gasteiger partial charge in [-0.15, -0.1) is 6.58 Å². The summed E-state index contributed by atoms with van der Waals surface area (Å²) in [6.07, 6.45) is 8.59. The van der Waals surface area contributed by atoms with Crippen molar-refractivity contribution in [2.45, 2.75) is 64.2 Å². The second-order valence-electron chi connectivity index (χ2n) is 7.72. The van der Waals surface area contributed by atoms with Crippen LogP contribution in [0.5, 0.6) is 5.75 Å². The van der Waals surface area contributed by atoms with E-state index in [0.717, 1.165) is 18.1 Å². The molecule has 0 unspecified atom stereocenters. The zero-order valence-electron chi connectivity index (χ0n) is 14.6. The molecule has 0 bridgehead atoms. The standard InChI is InChI=1S/C21H30O/c1-6-15-8-7-13-21(4)18(15)11-10-17-19(21)12-9-16(14(2)3)20(17)22-5/h6,9,12,14-15,18H,1,7-8,10-11,13H2,2-5H3/t15-,18+,21+/m1/s1. The molecule has 3 atom stereocenters. The van der Waals surface area contributed by atoms with E-state index in [-0.39, 0.29) is 0 Å². The van der Waals surface area contributed by atoms with Gasteiger partial charge in [-0.05, 0) is 65.5 Å². The fraction of sp³-hybridized carbons (Fsp3) is 0.619. The third-order valence-corrected chi connectivity index (χ3v) is 6.31. The van der Waals surface area contributed by atoms with Crippen LogP contribution in [0.2, 0.25) is 0 Å². The molecule has 0 aliphatic heterocycles. The van der Waals surface area contributed by atoms with E-state index in [1.165, 1.54) is 36.8 Å². The molecular weight excluding hydrogens is 268 g/mol. The summed E-state index contributed by atoms with van der Waals surface area (Å²) >= 11 is 0. The molecule has 0 N–H and O–H groups in total. The van der Waals surface area contributed by atoms with Crippen LogP contribution in [-0.4, -0.2) is 7.11 Å². The lowest BCUT2D eigenvalue weighted by molar-refractivity contribution is 0.133. The first-order valence-corrected chi connectivity index (χ1v) is 8.85. The number of methoxy groups -OCH3 is 1. The van der Waals surface area contributed by atoms with Gasteiger partial charge in [0.15, 0.2) is 0 Å². The molecule has 1 saturated carbocycles. The van der Waals surface area contributed by atoms with Gasteiger partial charge in [-0.3, -0.25) is 0 Å². The Morgan fingerprint density at radius 2 is 2.09 bits per heavy atom. The van der Waals surface area contributed by atoms with Crippen LogP contribution in [0.15, 0.2) is 24.8 Å². The van der Waals surface area contributed by atoms with Crippen molar-refractivity contribution in [1.29, 1.82) is 0 Å². The van der Waals surface area contributed by atoms with Crippen LogP contribution in [0.1, 0.15) is 69.1 Å². The molecule has 1 aromatic carbocycles. The van der Waals surface area contributed by atoms with E-state index in [1.54, 1.807) is 5.56 Å². The zero-order valence-corrected chi connectivity index (χ0v) is 14.6. The minimum absolute atomic E-state index is 0.299. The second-order valence-corrected chi connectivity index (χ2v) is 7.72. The van der Waals surface area contributed by atoms with Crippen LogP contribution in [-0.2, 0) is 11.8 Å². The van der Waals surface area contributed by atoms with Crippen LogP contribution < -0.4 is 4.74 Å². The van der Waals surface area contributed by atoms with Crippen molar-refractivity contribution in [2.75, 3.05) is 7.11 Å². The lowest BCUT2D eigenvalue weighted by Gasteiger charge is -2.50. The summed E-state index contributed by atoms with van der Waals surface area (Å²) < 4.78 is 5.86. The summed E-state index contributed by atoms with van der Waals surface area (Å²) in [4.78, 5) is 0. The highest BCUT2D eigenvalue weighted by molar-refractivity contribution is 5.52. The Morgan fingerprint density at radius 1 is 1.32 bits per heavy atom. The smallest absolute Gasteiger partial charge is 0.125 e. The number of hydrogen-bond donors (Lipinski definition) is 0. The molecule has 22 heavy (non-hydrogen) atoms. The van der Waals surface area contributed by atoms with Crippen molar-refractivity contribution < 1.29 is 4.74 Å². The predicted octanol–water partition coefficient (Wildman–Crippen LogP) is 5.62. The van der Waals surface area contributed by atoms with Gasteiger partial charge >= 0.3 is 0 Å². The highest BCUT2D eigenvalue weighted by Crippen LogP contribution is 2.54. The molecule has 0 radical (unpaired) electrons. The third kappa shape index (κ3) is 2.21. The summed E-state index contributed by atoms with van der Waals surface area (Å²) in [5.74, 6) is 3.11. The van der Waals surface area contributed by atoms with Crippen molar-refractivity contribution in [1.82, 2.24) is 0 Å². The molecule has 120 valence electrons. The highest BCUT2D eigenvalue weighted by atomic mass is 16.5. The minimum Gasteiger partial charge on any atom is -0.496 e. The topological polar surface area (TPSA) is 9.23 Å². The van der Waals surface area contributed by atoms with Crippen molar-refractivity contribution in [3.63, 3.8) is 0 Å². The van der Waals surface area contributed by atoms with E-state index >= 15 is 0 Å². The van der Waals surface area contributed by atoms with Crippen LogP contribution in [0.4, 0.5) is 0 Å². The molecule has 0 saturated heterocycles. The first-order valence-electron chi connectivity index (χ1n) is 8.85. The summed E-state index contributed by atoms with van der Waals surface area (Å²) in [6, 6.07) is 4.72. The van der Waals surface area contributed by atoms with Gasteiger partial charge < -0.3 is 4.74 Å². The first kappa shape index (κ1) is 15.6. The van der Waals surface area contributed by atoms with Gasteiger partial charge in [0.25, 0.3) is 0 Å². The van der Waals surface area contributed by atoms with Crippen LogP contribution in [0.3, 0.4) is 0 Å². The third-order valence-electron chi connectivity index (χ3n) is 6.31. The number of allylic oxidation sites excluding steroid dienone is 1. The molecule has 2 aliphatic carbocycles. The summed E-state index contributed by atoms with van der Waals surface area (Å²) in [6.45, 7) is 11.1. The Labute approximate surface area is 135 Å². The average molecular weight is 298 g/mol. The number of hydrogen-bond acceptors (Lipinski definition) is 1. The second kappa shape index (κ2) is 5.76. The van der Waals surface area contributed by atoms with Gasteiger partial charge in [-0.25, -0.2) is 0 Å². The van der Waals surface area contributed by atoms with Crippen molar-refractivity contribution in [3.8, 4) is 5.75 Å². The lowest BCUT2D eigenvalue weighted by Crippen LogP contribution is -2.43. The van der Waals surface area contributed by atoms with Gasteiger partial charge in [0.1, 0.15) is 5.75 Å². The molecule has 1 aromatic rings. The monoisotopic (exact) mass is 298 g/mol. The SMILES string of the molecule is C=C[C@@H]1CCC[C@]2(C)c3ccc(C(C)C)c(OC)c3CC[C@@H]12. The highest BCUT2D eigenvalue weighted by Gasteiger charge is 2.46. The Balaban J connectivity index is 2.13. The molecule has 0 spiro atoms. The van der Waals surface area contributed by atoms with Gasteiger partial charge in [0.2, 0.25) is 0 Å². The summed E-state index contributed by atoms with van der Waals surface area (Å²) in [5.41, 5.74) is 4.70. The average Bonchev–Trinajstić information content (AvgIpc) is 2.52. The van der Waals surface area contributed by atoms with E-state index in [4.69, 9.17) is 4.74 Å². The Bertz CT molecular complexity index is 572. The fourth-order valence-corrected chi connectivity index (χ4v) is 5.14. The van der Waals surface area contributed by atoms with Gasteiger partial charge in [-0.2, -0.15) is 0 Å². The van der Waals surface area contributed by atoms with Crippen LogP contribution in [0, 0.1) is 11.8 Å². The number of rotatable bonds is 3. The Hall–Kier alpha value is -1.24. The van der Waals surface area contributed by atoms with E-state index < -0.39 is 0 Å². The number of fused-ring (bicyclic) bond motifs is 3. The summed E-state index contributed by atoms with van der Waals surface area (Å²) in [7, 11) is 1.84. The largest absolute Gasteiger partial charge is 0.496 e. The van der Waals surface area contributed by atoms with Crippen molar-refractivity contribution in [3.05, 3.63) is 41.5 Å². The number of benzene rings is 1. The minimum atomic E-state index is 0.299. The maximum Gasteiger partial charge on any atom is 0.125 e. The van der Waals surface area contributed by atoms with Crippen LogP contribution in [0.25, 0.3) is 0 Å². The lowest BCUT2D eigenvalue weighted by atomic mass is 9.54. The molecule has 1 nitrogen and oxygen atoms in total. The molecule has 3 rings (SSSR count). The van der Waals surface area contributed by atoms with Gasteiger partial charge in [0.05, 0.1) is 7.11 Å². The molecule has 0 aromatic heterocycles. The zero-order chi connectivity index (χ0) is 15.9. The summed E-state index contributed by atoms with van der Waals surface area (Å²) in [5, 5.41) is 0. The van der Waals surface area contributed by atoms with E-state index in [0.29, 0.717) is 17.3 Å².